The summed E-state index contributed by atoms with van der Waals surface area (Å²) in [5.41, 5.74) is 3.19. The van der Waals surface area contributed by atoms with E-state index in [1.54, 1.807) is 6.20 Å². The summed E-state index contributed by atoms with van der Waals surface area (Å²) in [4.78, 5) is 15.4. The Morgan fingerprint density at radius 2 is 2.25 bits per heavy atom. The van der Waals surface area contributed by atoms with Gasteiger partial charge in [0.05, 0.1) is 13.5 Å². The molecule has 0 N–H and O–H groups in total. The SMILES string of the molecule is COC(=O)CC1=CN=CCc2ccccc21. The molecule has 0 atom stereocenters. The number of hydrogen-bond acceptors (Lipinski definition) is 3. The van der Waals surface area contributed by atoms with E-state index in [2.05, 4.69) is 15.8 Å². The predicted octanol–water partition coefficient (Wildman–Crippen LogP) is 2.22. The monoisotopic (exact) mass is 215 g/mol. The molecule has 1 heterocycles. The molecule has 2 rings (SSSR count). The normalized spacial score (nSPS) is 13.7. The second kappa shape index (κ2) is 4.75. The van der Waals surface area contributed by atoms with E-state index in [4.69, 9.17) is 0 Å². The first-order chi connectivity index (χ1) is 7.81. The number of nitrogens with zero attached hydrogens (tertiary/aromatic N) is 1. The third kappa shape index (κ3) is 2.19. The van der Waals surface area contributed by atoms with E-state index in [0.29, 0.717) is 0 Å². The van der Waals surface area contributed by atoms with Crippen LogP contribution in [0.25, 0.3) is 5.57 Å². The number of rotatable bonds is 2. The van der Waals surface area contributed by atoms with Crippen molar-refractivity contribution < 1.29 is 9.53 Å². The standard InChI is InChI=1S/C13H13NO2/c1-16-13(15)8-11-9-14-7-6-10-4-2-3-5-12(10)11/h2-5,7,9H,6,8H2,1H3. The van der Waals surface area contributed by atoms with Crippen LogP contribution in [0.2, 0.25) is 0 Å². The number of esters is 1. The molecule has 1 aliphatic rings. The second-order valence-corrected chi connectivity index (χ2v) is 3.60. The first-order valence-corrected chi connectivity index (χ1v) is 5.17. The van der Waals surface area contributed by atoms with Crippen molar-refractivity contribution in [1.82, 2.24) is 0 Å². The summed E-state index contributed by atoms with van der Waals surface area (Å²) >= 11 is 0. The van der Waals surface area contributed by atoms with E-state index >= 15 is 0 Å². The molecular formula is C13H13NO2. The van der Waals surface area contributed by atoms with Crippen molar-refractivity contribution in [3.63, 3.8) is 0 Å². The number of ether oxygens (including phenoxy) is 1. The summed E-state index contributed by atoms with van der Waals surface area (Å²) in [6.45, 7) is 0. The van der Waals surface area contributed by atoms with Crippen molar-refractivity contribution in [2.75, 3.05) is 7.11 Å². The maximum Gasteiger partial charge on any atom is 0.310 e. The topological polar surface area (TPSA) is 38.7 Å². The molecular weight excluding hydrogens is 202 g/mol. The van der Waals surface area contributed by atoms with Gasteiger partial charge in [0, 0.05) is 18.8 Å². The Balaban J connectivity index is 2.35. The quantitative estimate of drug-likeness (QED) is 0.709. The summed E-state index contributed by atoms with van der Waals surface area (Å²) in [5.74, 6) is -0.238. The lowest BCUT2D eigenvalue weighted by molar-refractivity contribution is -0.139. The van der Waals surface area contributed by atoms with E-state index in [-0.39, 0.29) is 12.4 Å². The summed E-state index contributed by atoms with van der Waals surface area (Å²) < 4.78 is 4.68. The van der Waals surface area contributed by atoms with Gasteiger partial charge in [-0.05, 0) is 16.7 Å². The van der Waals surface area contributed by atoms with E-state index in [0.717, 1.165) is 17.6 Å². The highest BCUT2D eigenvalue weighted by molar-refractivity contribution is 5.87. The van der Waals surface area contributed by atoms with Crippen molar-refractivity contribution in [2.24, 2.45) is 4.99 Å². The molecule has 1 aromatic rings. The first kappa shape index (κ1) is 10.6. The van der Waals surface area contributed by atoms with Crippen molar-refractivity contribution in [3.05, 3.63) is 41.6 Å². The van der Waals surface area contributed by atoms with Gasteiger partial charge >= 0.3 is 5.97 Å². The smallest absolute Gasteiger partial charge is 0.310 e. The third-order valence-electron chi connectivity index (χ3n) is 2.57. The minimum Gasteiger partial charge on any atom is -0.469 e. The molecule has 16 heavy (non-hydrogen) atoms. The number of carbonyl (C=O) groups is 1. The van der Waals surface area contributed by atoms with Gasteiger partial charge in [0.2, 0.25) is 0 Å². The van der Waals surface area contributed by atoms with Crippen LogP contribution in [0.5, 0.6) is 0 Å². The number of carbonyl (C=O) groups excluding carboxylic acids is 1. The van der Waals surface area contributed by atoms with Gasteiger partial charge in [0.1, 0.15) is 0 Å². The average Bonchev–Trinajstić information content (AvgIpc) is 2.52. The van der Waals surface area contributed by atoms with Crippen molar-refractivity contribution >= 4 is 17.8 Å². The molecule has 3 heteroatoms. The van der Waals surface area contributed by atoms with Crippen molar-refractivity contribution in [1.29, 1.82) is 0 Å². The zero-order chi connectivity index (χ0) is 11.4. The Bertz CT molecular complexity index is 461. The Morgan fingerprint density at radius 1 is 1.44 bits per heavy atom. The molecule has 1 aromatic carbocycles. The van der Waals surface area contributed by atoms with Crippen LogP contribution < -0.4 is 0 Å². The molecule has 0 saturated heterocycles. The minimum atomic E-state index is -0.238. The molecule has 1 aliphatic heterocycles. The zero-order valence-electron chi connectivity index (χ0n) is 9.14. The number of methoxy groups -OCH3 is 1. The van der Waals surface area contributed by atoms with Gasteiger partial charge in [-0.25, -0.2) is 0 Å². The van der Waals surface area contributed by atoms with Crippen molar-refractivity contribution in [3.8, 4) is 0 Å². The fourth-order valence-electron chi connectivity index (χ4n) is 1.74. The summed E-state index contributed by atoms with van der Waals surface area (Å²) in [7, 11) is 1.40. The van der Waals surface area contributed by atoms with E-state index < -0.39 is 0 Å². The first-order valence-electron chi connectivity index (χ1n) is 5.17. The van der Waals surface area contributed by atoms with Gasteiger partial charge in [-0.1, -0.05) is 24.3 Å². The number of fused-ring (bicyclic) bond motifs is 1. The van der Waals surface area contributed by atoms with Crippen LogP contribution >= 0.6 is 0 Å². The van der Waals surface area contributed by atoms with E-state index in [9.17, 15) is 4.79 Å². The van der Waals surface area contributed by atoms with Crippen LogP contribution in [-0.4, -0.2) is 19.3 Å². The van der Waals surface area contributed by atoms with E-state index in [1.807, 2.05) is 24.4 Å². The van der Waals surface area contributed by atoms with Gasteiger partial charge in [-0.3, -0.25) is 9.79 Å². The van der Waals surface area contributed by atoms with Crippen LogP contribution in [-0.2, 0) is 16.0 Å². The van der Waals surface area contributed by atoms with Gasteiger partial charge in [-0.15, -0.1) is 0 Å². The summed E-state index contributed by atoms with van der Waals surface area (Å²) in [6.07, 6.45) is 4.66. The Morgan fingerprint density at radius 3 is 3.06 bits per heavy atom. The minimum absolute atomic E-state index is 0.238. The molecule has 0 aromatic heterocycles. The van der Waals surface area contributed by atoms with Gasteiger partial charge < -0.3 is 4.74 Å². The van der Waals surface area contributed by atoms with Gasteiger partial charge in [0.25, 0.3) is 0 Å². The lowest BCUT2D eigenvalue weighted by Crippen LogP contribution is -2.02. The molecule has 3 nitrogen and oxygen atoms in total. The molecule has 0 radical (unpaired) electrons. The maximum absolute atomic E-state index is 11.3. The molecule has 0 spiro atoms. The van der Waals surface area contributed by atoms with Gasteiger partial charge in [0.15, 0.2) is 0 Å². The number of aliphatic imine (C=N–C) groups is 1. The van der Waals surface area contributed by atoms with Crippen LogP contribution in [0.1, 0.15) is 17.5 Å². The van der Waals surface area contributed by atoms with E-state index in [1.165, 1.54) is 12.7 Å². The highest BCUT2D eigenvalue weighted by Gasteiger charge is 2.12. The average molecular weight is 215 g/mol. The van der Waals surface area contributed by atoms with Crippen LogP contribution in [0.15, 0.2) is 35.5 Å². The fourth-order valence-corrected chi connectivity index (χ4v) is 1.74. The Labute approximate surface area is 94.5 Å². The van der Waals surface area contributed by atoms with Gasteiger partial charge in [-0.2, -0.15) is 0 Å². The fraction of sp³-hybridized carbons (Fsp3) is 0.231. The number of benzene rings is 1. The molecule has 0 unspecified atom stereocenters. The predicted molar refractivity (Wildman–Crippen MR) is 63.2 cm³/mol. The number of hydrogen-bond donors (Lipinski definition) is 0. The molecule has 0 amide bonds. The third-order valence-corrected chi connectivity index (χ3v) is 2.57. The highest BCUT2D eigenvalue weighted by atomic mass is 16.5. The summed E-state index contributed by atoms with van der Waals surface area (Å²) in [5, 5.41) is 0. The molecule has 0 saturated carbocycles. The molecule has 0 bridgehead atoms. The van der Waals surface area contributed by atoms with Crippen LogP contribution in [0.3, 0.4) is 0 Å². The van der Waals surface area contributed by atoms with Crippen molar-refractivity contribution in [2.45, 2.75) is 12.8 Å². The highest BCUT2D eigenvalue weighted by Crippen LogP contribution is 2.24. The molecule has 0 aliphatic carbocycles. The largest absolute Gasteiger partial charge is 0.469 e. The molecule has 0 fully saturated rings. The lowest BCUT2D eigenvalue weighted by Gasteiger charge is -2.08. The zero-order valence-corrected chi connectivity index (χ0v) is 9.14. The Hall–Kier alpha value is -1.90. The summed E-state index contributed by atoms with van der Waals surface area (Å²) in [6, 6.07) is 8.03. The maximum atomic E-state index is 11.3. The van der Waals surface area contributed by atoms with Crippen LogP contribution in [0.4, 0.5) is 0 Å². The molecule has 82 valence electrons. The second-order valence-electron chi connectivity index (χ2n) is 3.60. The lowest BCUT2D eigenvalue weighted by atomic mass is 9.97. The Kier molecular flexibility index (Phi) is 3.15. The van der Waals surface area contributed by atoms with Crippen LogP contribution in [0, 0.1) is 0 Å².